The van der Waals surface area contributed by atoms with Gasteiger partial charge in [0.2, 0.25) is 11.8 Å². The lowest BCUT2D eigenvalue weighted by molar-refractivity contribution is -0.124. The third-order valence-electron chi connectivity index (χ3n) is 4.36. The van der Waals surface area contributed by atoms with E-state index in [-0.39, 0.29) is 11.8 Å². The number of hydrogen-bond donors (Lipinski definition) is 1. The molecule has 0 atom stereocenters. The maximum Gasteiger partial charge on any atom is 0.233 e. The quantitative estimate of drug-likeness (QED) is 0.829. The van der Waals surface area contributed by atoms with Crippen molar-refractivity contribution in [3.8, 4) is 17.1 Å². The fourth-order valence-corrected chi connectivity index (χ4v) is 2.94. The summed E-state index contributed by atoms with van der Waals surface area (Å²) in [5.74, 6) is 0.816. The molecule has 1 amide bonds. The summed E-state index contributed by atoms with van der Waals surface area (Å²) in [4.78, 5) is 11.9. The second kappa shape index (κ2) is 7.90. The lowest BCUT2D eigenvalue weighted by atomic mass is 10.1. The summed E-state index contributed by atoms with van der Waals surface area (Å²) in [5.41, 5.74) is 3.06. The predicted molar refractivity (Wildman–Crippen MR) is 92.7 cm³/mol. The summed E-state index contributed by atoms with van der Waals surface area (Å²) < 4.78 is 5.54. The van der Waals surface area contributed by atoms with Crippen molar-refractivity contribution in [3.05, 3.63) is 42.0 Å². The van der Waals surface area contributed by atoms with Gasteiger partial charge in [-0.1, -0.05) is 42.7 Å². The van der Waals surface area contributed by atoms with Crippen molar-refractivity contribution in [3.63, 3.8) is 0 Å². The van der Waals surface area contributed by atoms with Crippen LogP contribution >= 0.6 is 0 Å². The highest BCUT2D eigenvalue weighted by Gasteiger charge is 2.21. The summed E-state index contributed by atoms with van der Waals surface area (Å²) in [6, 6.07) is 11.9. The molecule has 24 heavy (non-hydrogen) atoms. The molecule has 0 saturated heterocycles. The zero-order chi connectivity index (χ0) is 16.8. The molecule has 0 radical (unpaired) electrons. The van der Waals surface area contributed by atoms with Gasteiger partial charge < -0.3 is 10.1 Å². The van der Waals surface area contributed by atoms with E-state index in [2.05, 4.69) is 34.6 Å². The molecule has 0 bridgehead atoms. The van der Waals surface area contributed by atoms with Gasteiger partial charge in [-0.15, -0.1) is 10.2 Å². The number of ether oxygens (including phenoxy) is 1. The lowest BCUT2D eigenvalue weighted by Gasteiger charge is -2.10. The van der Waals surface area contributed by atoms with Crippen LogP contribution in [-0.2, 0) is 4.79 Å². The smallest absolute Gasteiger partial charge is 0.233 e. The molecule has 3 rings (SSSR count). The zero-order valence-electron chi connectivity index (χ0n) is 14.0. The van der Waals surface area contributed by atoms with Crippen LogP contribution < -0.4 is 10.1 Å². The first-order valence-corrected chi connectivity index (χ1v) is 8.53. The van der Waals surface area contributed by atoms with Gasteiger partial charge in [0.25, 0.3) is 0 Å². The molecule has 5 nitrogen and oxygen atoms in total. The SMILES string of the molecule is Cc1ccc(-c2ccc(OCCNC(=O)C3CCCC3)nn2)cc1. The average molecular weight is 325 g/mol. The molecule has 1 aliphatic carbocycles. The number of benzene rings is 1. The number of nitrogens with one attached hydrogen (secondary N) is 1. The first kappa shape index (κ1) is 16.4. The van der Waals surface area contributed by atoms with E-state index in [1.807, 2.05) is 18.2 Å². The van der Waals surface area contributed by atoms with E-state index in [1.54, 1.807) is 6.07 Å². The van der Waals surface area contributed by atoms with Gasteiger partial charge in [-0.2, -0.15) is 0 Å². The van der Waals surface area contributed by atoms with Gasteiger partial charge in [0.15, 0.2) is 0 Å². The van der Waals surface area contributed by atoms with Gasteiger partial charge in [-0.25, -0.2) is 0 Å². The van der Waals surface area contributed by atoms with Crippen LogP contribution in [0.15, 0.2) is 36.4 Å². The van der Waals surface area contributed by atoms with Gasteiger partial charge >= 0.3 is 0 Å². The highest BCUT2D eigenvalue weighted by molar-refractivity contribution is 5.78. The Bertz CT molecular complexity index is 662. The summed E-state index contributed by atoms with van der Waals surface area (Å²) >= 11 is 0. The fraction of sp³-hybridized carbons (Fsp3) is 0.421. The molecule has 1 N–H and O–H groups in total. The first-order valence-electron chi connectivity index (χ1n) is 8.53. The molecule has 1 heterocycles. The van der Waals surface area contributed by atoms with Gasteiger partial charge in [0.1, 0.15) is 6.61 Å². The molecule has 1 aromatic heterocycles. The molecule has 0 aliphatic heterocycles. The van der Waals surface area contributed by atoms with Crippen LogP contribution in [-0.4, -0.2) is 29.3 Å². The predicted octanol–water partition coefficient (Wildman–Crippen LogP) is 3.14. The van der Waals surface area contributed by atoms with Crippen molar-refractivity contribution >= 4 is 5.91 Å². The van der Waals surface area contributed by atoms with E-state index in [0.29, 0.717) is 19.0 Å². The van der Waals surface area contributed by atoms with Gasteiger partial charge in [0, 0.05) is 17.5 Å². The van der Waals surface area contributed by atoms with Crippen molar-refractivity contribution in [2.24, 2.45) is 5.92 Å². The molecular weight excluding hydrogens is 302 g/mol. The minimum Gasteiger partial charge on any atom is -0.475 e. The Balaban J connectivity index is 1.44. The second-order valence-corrected chi connectivity index (χ2v) is 6.24. The van der Waals surface area contributed by atoms with Gasteiger partial charge in [-0.05, 0) is 25.8 Å². The highest BCUT2D eigenvalue weighted by atomic mass is 16.5. The molecule has 2 aromatic rings. The molecule has 0 spiro atoms. The molecular formula is C19H23N3O2. The number of hydrogen-bond acceptors (Lipinski definition) is 4. The van der Waals surface area contributed by atoms with Crippen LogP contribution in [0.2, 0.25) is 0 Å². The number of rotatable bonds is 6. The van der Waals surface area contributed by atoms with E-state index < -0.39 is 0 Å². The molecule has 0 unspecified atom stereocenters. The summed E-state index contributed by atoms with van der Waals surface area (Å²) in [6.45, 7) is 2.95. The Morgan fingerprint density at radius 3 is 2.54 bits per heavy atom. The summed E-state index contributed by atoms with van der Waals surface area (Å²) in [6.07, 6.45) is 4.35. The molecule has 1 aliphatic rings. The van der Waals surface area contributed by atoms with Crippen LogP contribution in [0.5, 0.6) is 5.88 Å². The van der Waals surface area contributed by atoms with Crippen molar-refractivity contribution < 1.29 is 9.53 Å². The summed E-state index contributed by atoms with van der Waals surface area (Å²) in [5, 5.41) is 11.2. The largest absolute Gasteiger partial charge is 0.475 e. The normalized spacial score (nSPS) is 14.5. The maximum atomic E-state index is 11.9. The van der Waals surface area contributed by atoms with Crippen LogP contribution in [0.1, 0.15) is 31.2 Å². The number of aromatic nitrogens is 2. The van der Waals surface area contributed by atoms with Crippen LogP contribution in [0.4, 0.5) is 0 Å². The van der Waals surface area contributed by atoms with Crippen molar-refractivity contribution in [2.75, 3.05) is 13.2 Å². The number of carbonyl (C=O) groups is 1. The molecule has 1 aromatic carbocycles. The monoisotopic (exact) mass is 325 g/mol. The fourth-order valence-electron chi connectivity index (χ4n) is 2.94. The number of nitrogens with zero attached hydrogens (tertiary/aromatic N) is 2. The van der Waals surface area contributed by atoms with Crippen molar-refractivity contribution in [1.29, 1.82) is 0 Å². The van der Waals surface area contributed by atoms with E-state index >= 15 is 0 Å². The van der Waals surface area contributed by atoms with E-state index in [1.165, 1.54) is 5.56 Å². The number of carbonyl (C=O) groups excluding carboxylic acids is 1. The number of aryl methyl sites for hydroxylation is 1. The topological polar surface area (TPSA) is 64.1 Å². The second-order valence-electron chi connectivity index (χ2n) is 6.24. The van der Waals surface area contributed by atoms with Gasteiger partial charge in [0.05, 0.1) is 12.2 Å². The average Bonchev–Trinajstić information content (AvgIpc) is 3.15. The molecule has 126 valence electrons. The van der Waals surface area contributed by atoms with E-state index in [0.717, 1.165) is 36.9 Å². The zero-order valence-corrected chi connectivity index (χ0v) is 14.0. The minimum atomic E-state index is 0.150. The van der Waals surface area contributed by atoms with Gasteiger partial charge in [-0.3, -0.25) is 4.79 Å². The standard InChI is InChI=1S/C19H23N3O2/c1-14-6-8-15(9-7-14)17-10-11-18(22-21-17)24-13-12-20-19(23)16-4-2-3-5-16/h6-11,16H,2-5,12-13H2,1H3,(H,20,23). The third-order valence-corrected chi connectivity index (χ3v) is 4.36. The Morgan fingerprint density at radius 1 is 1.12 bits per heavy atom. The molecule has 1 saturated carbocycles. The Labute approximate surface area is 142 Å². The molecule has 1 fully saturated rings. The van der Waals surface area contributed by atoms with Crippen LogP contribution in [0, 0.1) is 12.8 Å². The Hall–Kier alpha value is -2.43. The van der Waals surface area contributed by atoms with Crippen LogP contribution in [0.3, 0.4) is 0 Å². The lowest BCUT2D eigenvalue weighted by Crippen LogP contribution is -2.32. The number of amides is 1. The Kier molecular flexibility index (Phi) is 5.41. The van der Waals surface area contributed by atoms with Crippen LogP contribution in [0.25, 0.3) is 11.3 Å². The molecule has 5 heteroatoms. The Morgan fingerprint density at radius 2 is 1.88 bits per heavy atom. The van der Waals surface area contributed by atoms with E-state index in [4.69, 9.17) is 4.74 Å². The minimum absolute atomic E-state index is 0.150. The third kappa shape index (κ3) is 4.31. The van der Waals surface area contributed by atoms with Crippen molar-refractivity contribution in [1.82, 2.24) is 15.5 Å². The summed E-state index contributed by atoms with van der Waals surface area (Å²) in [7, 11) is 0. The highest BCUT2D eigenvalue weighted by Crippen LogP contribution is 2.24. The van der Waals surface area contributed by atoms with E-state index in [9.17, 15) is 4.79 Å². The van der Waals surface area contributed by atoms with Crippen molar-refractivity contribution in [2.45, 2.75) is 32.6 Å². The maximum absolute atomic E-state index is 11.9. The first-order chi connectivity index (χ1) is 11.7.